The summed E-state index contributed by atoms with van der Waals surface area (Å²) in [4.78, 5) is 41.1. The molecule has 0 bridgehead atoms. The van der Waals surface area contributed by atoms with E-state index < -0.39 is 0 Å². The van der Waals surface area contributed by atoms with E-state index in [0.29, 0.717) is 62.1 Å². The number of amides is 2. The summed E-state index contributed by atoms with van der Waals surface area (Å²) in [5.41, 5.74) is 1.05. The summed E-state index contributed by atoms with van der Waals surface area (Å²) in [6.45, 7) is 3.46. The number of piperazine rings is 1. The predicted molar refractivity (Wildman–Crippen MR) is 124 cm³/mol. The Morgan fingerprint density at radius 2 is 1.59 bits per heavy atom. The van der Waals surface area contributed by atoms with E-state index in [9.17, 15) is 18.8 Å². The number of halogens is 1. The Kier molecular flexibility index (Phi) is 7.74. The average molecular weight is 470 g/mol. The molecule has 0 atom stereocenters. The number of hydrogen-bond donors (Lipinski definition) is 1. The highest BCUT2D eigenvalue weighted by Gasteiger charge is 2.23. The molecule has 180 valence electrons. The van der Waals surface area contributed by atoms with Crippen molar-refractivity contribution in [3.63, 3.8) is 0 Å². The zero-order chi connectivity index (χ0) is 23.9. The van der Waals surface area contributed by atoms with Crippen LogP contribution in [0.15, 0.2) is 42.5 Å². The smallest absolute Gasteiger partial charge is 0.238 e. The molecule has 1 saturated heterocycles. The molecule has 2 aromatic rings. The van der Waals surface area contributed by atoms with Gasteiger partial charge in [-0.15, -0.1) is 0 Å². The molecule has 9 heteroatoms. The van der Waals surface area contributed by atoms with E-state index in [2.05, 4.69) is 5.32 Å². The second kappa shape index (κ2) is 11.1. The van der Waals surface area contributed by atoms with E-state index in [0.717, 1.165) is 6.42 Å². The Morgan fingerprint density at radius 1 is 0.882 bits per heavy atom. The first-order valence-corrected chi connectivity index (χ1v) is 11.5. The third-order valence-electron chi connectivity index (χ3n) is 5.86. The SMILES string of the molecule is O=C(CN1CCN(C(=O)CCC(=O)c2ccc3c(c2)OCCCO3)CC1)Nc1ccc(F)cc1. The number of carbonyl (C=O) groups is 3. The number of ketones is 1. The van der Waals surface area contributed by atoms with Gasteiger partial charge in [-0.05, 0) is 42.5 Å². The van der Waals surface area contributed by atoms with Crippen molar-refractivity contribution in [2.75, 3.05) is 51.3 Å². The molecule has 4 rings (SSSR count). The van der Waals surface area contributed by atoms with E-state index in [4.69, 9.17) is 9.47 Å². The van der Waals surface area contributed by atoms with Gasteiger partial charge in [-0.3, -0.25) is 19.3 Å². The van der Waals surface area contributed by atoms with Crippen LogP contribution in [0, 0.1) is 5.82 Å². The molecular weight excluding hydrogens is 441 g/mol. The third-order valence-corrected chi connectivity index (χ3v) is 5.86. The molecule has 2 aliphatic rings. The maximum Gasteiger partial charge on any atom is 0.238 e. The monoisotopic (exact) mass is 469 g/mol. The van der Waals surface area contributed by atoms with Gasteiger partial charge in [-0.25, -0.2) is 4.39 Å². The molecule has 0 saturated carbocycles. The average Bonchev–Trinajstić information content (AvgIpc) is 3.09. The van der Waals surface area contributed by atoms with Gasteiger partial charge < -0.3 is 19.7 Å². The van der Waals surface area contributed by atoms with Crippen molar-refractivity contribution in [1.82, 2.24) is 9.80 Å². The van der Waals surface area contributed by atoms with Crippen LogP contribution >= 0.6 is 0 Å². The lowest BCUT2D eigenvalue weighted by molar-refractivity contribution is -0.133. The molecule has 2 aliphatic heterocycles. The number of fused-ring (bicyclic) bond motifs is 1. The van der Waals surface area contributed by atoms with Crippen LogP contribution in [0.3, 0.4) is 0 Å². The lowest BCUT2D eigenvalue weighted by atomic mass is 10.1. The van der Waals surface area contributed by atoms with Crippen LogP contribution in [0.1, 0.15) is 29.6 Å². The van der Waals surface area contributed by atoms with Crippen LogP contribution < -0.4 is 14.8 Å². The summed E-state index contributed by atoms with van der Waals surface area (Å²) in [5.74, 6) is 0.469. The van der Waals surface area contributed by atoms with Gasteiger partial charge in [0.1, 0.15) is 5.82 Å². The van der Waals surface area contributed by atoms with Crippen LogP contribution in [0.4, 0.5) is 10.1 Å². The van der Waals surface area contributed by atoms with E-state index in [1.165, 1.54) is 24.3 Å². The van der Waals surface area contributed by atoms with Gasteiger partial charge in [0.05, 0.1) is 19.8 Å². The summed E-state index contributed by atoms with van der Waals surface area (Å²) in [7, 11) is 0. The van der Waals surface area contributed by atoms with E-state index in [1.54, 1.807) is 23.1 Å². The first-order valence-electron chi connectivity index (χ1n) is 11.5. The Bertz CT molecular complexity index is 1040. The number of rotatable bonds is 7. The van der Waals surface area contributed by atoms with Gasteiger partial charge in [0.15, 0.2) is 17.3 Å². The van der Waals surface area contributed by atoms with Gasteiger partial charge in [0, 0.05) is 56.7 Å². The fourth-order valence-electron chi connectivity index (χ4n) is 3.95. The number of Topliss-reactive ketones (excluding diaryl/α,β-unsaturated/α-hetero) is 1. The minimum Gasteiger partial charge on any atom is -0.490 e. The number of ether oxygens (including phenoxy) is 2. The van der Waals surface area contributed by atoms with Crippen LogP contribution in [-0.2, 0) is 9.59 Å². The second-order valence-electron chi connectivity index (χ2n) is 8.35. The Labute approximate surface area is 197 Å². The van der Waals surface area contributed by atoms with Crippen molar-refractivity contribution in [2.24, 2.45) is 0 Å². The van der Waals surface area contributed by atoms with Crippen LogP contribution in [0.2, 0.25) is 0 Å². The Morgan fingerprint density at radius 3 is 2.32 bits per heavy atom. The second-order valence-corrected chi connectivity index (χ2v) is 8.35. The van der Waals surface area contributed by atoms with Crippen LogP contribution in [0.25, 0.3) is 0 Å². The normalized spacial score (nSPS) is 16.0. The number of benzene rings is 2. The highest BCUT2D eigenvalue weighted by Crippen LogP contribution is 2.30. The molecule has 0 spiro atoms. The summed E-state index contributed by atoms with van der Waals surface area (Å²) < 4.78 is 24.2. The molecule has 1 fully saturated rings. The molecule has 2 heterocycles. The molecule has 0 aliphatic carbocycles. The maximum atomic E-state index is 13.0. The molecular formula is C25H28FN3O5. The number of nitrogens with zero attached hydrogens (tertiary/aromatic N) is 2. The predicted octanol–water partition coefficient (Wildman–Crippen LogP) is 2.73. The summed E-state index contributed by atoms with van der Waals surface area (Å²) in [6, 6.07) is 10.7. The highest BCUT2D eigenvalue weighted by molar-refractivity contribution is 5.98. The standard InChI is InChI=1S/C25H28FN3O5/c26-19-3-5-20(6-4-19)27-24(31)17-28-10-12-29(13-11-28)25(32)9-7-21(30)18-2-8-22-23(16-18)34-15-1-14-33-22/h2-6,8,16H,1,7,9-15,17H2,(H,27,31). The van der Waals surface area contributed by atoms with Crippen LogP contribution in [0.5, 0.6) is 11.5 Å². The molecule has 0 aromatic heterocycles. The fraction of sp³-hybridized carbons (Fsp3) is 0.400. The topological polar surface area (TPSA) is 88.2 Å². The number of hydrogen-bond acceptors (Lipinski definition) is 6. The van der Waals surface area contributed by atoms with Gasteiger partial charge in [-0.2, -0.15) is 0 Å². The van der Waals surface area contributed by atoms with Crippen molar-refractivity contribution in [2.45, 2.75) is 19.3 Å². The minimum absolute atomic E-state index is 0.0712. The highest BCUT2D eigenvalue weighted by atomic mass is 19.1. The van der Waals surface area contributed by atoms with Crippen LogP contribution in [-0.4, -0.2) is 73.3 Å². The molecule has 2 amide bonds. The first-order chi connectivity index (χ1) is 16.5. The summed E-state index contributed by atoms with van der Waals surface area (Å²) in [6.07, 6.45) is 1.05. The number of carbonyl (C=O) groups excluding carboxylic acids is 3. The van der Waals surface area contributed by atoms with E-state index in [-0.39, 0.29) is 42.8 Å². The largest absolute Gasteiger partial charge is 0.490 e. The molecule has 1 N–H and O–H groups in total. The first kappa shape index (κ1) is 23.7. The third kappa shape index (κ3) is 6.32. The molecule has 0 radical (unpaired) electrons. The molecule has 8 nitrogen and oxygen atoms in total. The number of anilines is 1. The molecule has 2 aromatic carbocycles. The van der Waals surface area contributed by atoms with Crippen molar-refractivity contribution in [3.8, 4) is 11.5 Å². The minimum atomic E-state index is -0.359. The van der Waals surface area contributed by atoms with Crippen molar-refractivity contribution in [3.05, 3.63) is 53.8 Å². The summed E-state index contributed by atoms with van der Waals surface area (Å²) >= 11 is 0. The Balaban J connectivity index is 1.19. The van der Waals surface area contributed by atoms with Gasteiger partial charge in [0.25, 0.3) is 0 Å². The molecule has 34 heavy (non-hydrogen) atoms. The lowest BCUT2D eigenvalue weighted by Crippen LogP contribution is -2.50. The summed E-state index contributed by atoms with van der Waals surface area (Å²) in [5, 5.41) is 2.74. The quantitative estimate of drug-likeness (QED) is 0.628. The zero-order valence-electron chi connectivity index (χ0n) is 18.9. The fourth-order valence-corrected chi connectivity index (χ4v) is 3.95. The lowest BCUT2D eigenvalue weighted by Gasteiger charge is -2.34. The van der Waals surface area contributed by atoms with Gasteiger partial charge in [-0.1, -0.05) is 0 Å². The molecule has 0 unspecified atom stereocenters. The Hall–Kier alpha value is -3.46. The van der Waals surface area contributed by atoms with Crippen molar-refractivity contribution >= 4 is 23.3 Å². The van der Waals surface area contributed by atoms with Crippen molar-refractivity contribution < 1.29 is 28.2 Å². The van der Waals surface area contributed by atoms with E-state index >= 15 is 0 Å². The van der Waals surface area contributed by atoms with Crippen molar-refractivity contribution in [1.29, 1.82) is 0 Å². The zero-order valence-corrected chi connectivity index (χ0v) is 18.9. The maximum absolute atomic E-state index is 13.0. The number of nitrogens with one attached hydrogen (secondary N) is 1. The van der Waals surface area contributed by atoms with Gasteiger partial charge >= 0.3 is 0 Å². The van der Waals surface area contributed by atoms with Gasteiger partial charge in [0.2, 0.25) is 11.8 Å². The van der Waals surface area contributed by atoms with E-state index in [1.807, 2.05) is 4.90 Å².